The number of hydrogen-bond acceptors (Lipinski definition) is 2. The van der Waals surface area contributed by atoms with Crippen molar-refractivity contribution < 1.29 is 0 Å². The van der Waals surface area contributed by atoms with Gasteiger partial charge in [0, 0.05) is 39.4 Å². The summed E-state index contributed by atoms with van der Waals surface area (Å²) in [7, 11) is 0. The molecule has 0 saturated heterocycles. The minimum atomic E-state index is -0.0198. The van der Waals surface area contributed by atoms with E-state index in [0.717, 1.165) is 23.5 Å². The third-order valence-corrected chi connectivity index (χ3v) is 11.6. The van der Waals surface area contributed by atoms with Crippen LogP contribution in [-0.2, 0) is 5.41 Å². The van der Waals surface area contributed by atoms with Crippen LogP contribution >= 0.6 is 0 Å². The highest BCUT2D eigenvalue weighted by molar-refractivity contribution is 5.98. The number of rotatable bonds is 6. The number of benzene rings is 7. The molecule has 3 aliphatic rings. The molecule has 1 aliphatic heterocycles. The molecule has 2 aliphatic carbocycles. The first-order valence-corrected chi connectivity index (χ1v) is 18.7. The van der Waals surface area contributed by atoms with E-state index in [0.29, 0.717) is 6.04 Å². The van der Waals surface area contributed by atoms with Gasteiger partial charge in [0.2, 0.25) is 0 Å². The fraction of sp³-hybridized carbons (Fsp3) is 0.0980. The van der Waals surface area contributed by atoms with Crippen molar-refractivity contribution in [2.75, 3.05) is 9.80 Å². The molecule has 1 heterocycles. The highest BCUT2D eigenvalue weighted by Crippen LogP contribution is 2.51. The molecule has 7 aromatic rings. The van der Waals surface area contributed by atoms with E-state index in [2.05, 4.69) is 212 Å². The summed E-state index contributed by atoms with van der Waals surface area (Å²) in [5, 5.41) is 0. The zero-order chi connectivity index (χ0) is 35.5. The van der Waals surface area contributed by atoms with Crippen molar-refractivity contribution in [3.8, 4) is 22.3 Å². The Morgan fingerprint density at radius 3 is 1.81 bits per heavy atom. The number of allylic oxidation sites excluding steroid dienone is 2. The van der Waals surface area contributed by atoms with Crippen LogP contribution in [0, 0.1) is 0 Å². The monoisotopic (exact) mass is 680 g/mol. The van der Waals surface area contributed by atoms with E-state index in [-0.39, 0.29) is 5.41 Å². The fourth-order valence-electron chi connectivity index (χ4n) is 8.91. The Balaban J connectivity index is 0.954. The van der Waals surface area contributed by atoms with Crippen molar-refractivity contribution in [3.63, 3.8) is 0 Å². The van der Waals surface area contributed by atoms with E-state index in [1.54, 1.807) is 0 Å². The molecule has 2 nitrogen and oxygen atoms in total. The van der Waals surface area contributed by atoms with Gasteiger partial charge in [0.05, 0.1) is 6.04 Å². The molecule has 0 radical (unpaired) electrons. The zero-order valence-corrected chi connectivity index (χ0v) is 30.1. The summed E-state index contributed by atoms with van der Waals surface area (Å²) in [6, 6.07) is 64.6. The summed E-state index contributed by atoms with van der Waals surface area (Å²) >= 11 is 0. The Morgan fingerprint density at radius 1 is 0.509 bits per heavy atom. The molecule has 0 fully saturated rings. The van der Waals surface area contributed by atoms with E-state index in [9.17, 15) is 0 Å². The van der Waals surface area contributed by atoms with Gasteiger partial charge in [-0.25, -0.2) is 0 Å². The standard InChI is InChI=1S/C51H40N2/c1-51(2)47-19-11-9-17-43(47)44-31-25-38(34-48(44)51)36-23-29-42(30-24-36)52(39-13-5-3-6-14-39)41-27-21-35(22-28-41)37-26-32-50-46(33-37)45-18-10-12-20-49(45)53(50)40-15-7-4-8-16-40/h3-31,33-34,50H,32H2,1-2H3. The van der Waals surface area contributed by atoms with E-state index in [1.165, 1.54) is 67.0 Å². The van der Waals surface area contributed by atoms with Crippen molar-refractivity contribution in [2.24, 2.45) is 0 Å². The maximum atomic E-state index is 2.50. The van der Waals surface area contributed by atoms with Crippen LogP contribution in [0.2, 0.25) is 0 Å². The normalized spacial score (nSPS) is 16.2. The summed E-state index contributed by atoms with van der Waals surface area (Å²) in [4.78, 5) is 4.86. The number of para-hydroxylation sites is 3. The smallest absolute Gasteiger partial charge is 0.0633 e. The predicted molar refractivity (Wildman–Crippen MR) is 224 cm³/mol. The average Bonchev–Trinajstić information content (AvgIpc) is 3.67. The van der Waals surface area contributed by atoms with Crippen molar-refractivity contribution >= 4 is 39.6 Å². The maximum Gasteiger partial charge on any atom is 0.0633 e. The number of hydrogen-bond donors (Lipinski definition) is 0. The van der Waals surface area contributed by atoms with Gasteiger partial charge in [0.15, 0.2) is 0 Å². The first kappa shape index (κ1) is 31.4. The molecule has 10 rings (SSSR count). The molecule has 53 heavy (non-hydrogen) atoms. The van der Waals surface area contributed by atoms with E-state index < -0.39 is 0 Å². The average molecular weight is 681 g/mol. The molecule has 0 spiro atoms. The third-order valence-electron chi connectivity index (χ3n) is 11.6. The topological polar surface area (TPSA) is 6.48 Å². The lowest BCUT2D eigenvalue weighted by Crippen LogP contribution is -2.27. The van der Waals surface area contributed by atoms with Crippen molar-refractivity contribution in [1.29, 1.82) is 0 Å². The molecule has 0 bridgehead atoms. The molecule has 0 amide bonds. The Kier molecular flexibility index (Phi) is 7.33. The largest absolute Gasteiger partial charge is 0.333 e. The molecule has 0 aromatic heterocycles. The Morgan fingerprint density at radius 2 is 1.08 bits per heavy atom. The zero-order valence-electron chi connectivity index (χ0n) is 30.1. The second-order valence-corrected chi connectivity index (χ2v) is 14.9. The van der Waals surface area contributed by atoms with Crippen LogP contribution in [0.3, 0.4) is 0 Å². The summed E-state index contributed by atoms with van der Waals surface area (Å²) in [6.07, 6.45) is 5.79. The molecule has 254 valence electrons. The number of anilines is 5. The molecular formula is C51H40N2. The first-order chi connectivity index (χ1) is 26.0. The van der Waals surface area contributed by atoms with Crippen LogP contribution in [0.4, 0.5) is 28.4 Å². The lowest BCUT2D eigenvalue weighted by molar-refractivity contribution is 0.660. The van der Waals surface area contributed by atoms with E-state index in [1.807, 2.05) is 0 Å². The molecule has 0 saturated carbocycles. The third kappa shape index (κ3) is 5.17. The van der Waals surface area contributed by atoms with Gasteiger partial charge < -0.3 is 9.80 Å². The van der Waals surface area contributed by atoms with Gasteiger partial charge in [0.1, 0.15) is 0 Å². The molecular weight excluding hydrogens is 641 g/mol. The Labute approximate surface area is 312 Å². The van der Waals surface area contributed by atoms with Crippen molar-refractivity contribution in [1.82, 2.24) is 0 Å². The second kappa shape index (κ2) is 12.4. The van der Waals surface area contributed by atoms with Gasteiger partial charge in [0.25, 0.3) is 0 Å². The number of nitrogens with zero attached hydrogens (tertiary/aromatic N) is 2. The second-order valence-electron chi connectivity index (χ2n) is 14.9. The van der Waals surface area contributed by atoms with Gasteiger partial charge in [-0.15, -0.1) is 0 Å². The lowest BCUT2D eigenvalue weighted by Gasteiger charge is -2.29. The first-order valence-electron chi connectivity index (χ1n) is 18.7. The molecule has 0 N–H and O–H groups in total. The highest BCUT2D eigenvalue weighted by atomic mass is 15.2. The van der Waals surface area contributed by atoms with Crippen LogP contribution in [0.1, 0.15) is 42.5 Å². The lowest BCUT2D eigenvalue weighted by atomic mass is 9.81. The van der Waals surface area contributed by atoms with Crippen LogP contribution in [0.5, 0.6) is 0 Å². The highest BCUT2D eigenvalue weighted by Gasteiger charge is 2.36. The Hall–Kier alpha value is -6.38. The van der Waals surface area contributed by atoms with Crippen LogP contribution < -0.4 is 9.80 Å². The van der Waals surface area contributed by atoms with E-state index in [4.69, 9.17) is 0 Å². The van der Waals surface area contributed by atoms with Gasteiger partial charge in [-0.3, -0.25) is 0 Å². The molecule has 7 aromatic carbocycles. The molecule has 2 heteroatoms. The summed E-state index contributed by atoms with van der Waals surface area (Å²) in [5.74, 6) is 0. The van der Waals surface area contributed by atoms with Crippen molar-refractivity contribution in [3.05, 3.63) is 210 Å². The van der Waals surface area contributed by atoms with Crippen LogP contribution in [0.25, 0.3) is 33.4 Å². The number of fused-ring (bicyclic) bond motifs is 6. The van der Waals surface area contributed by atoms with E-state index >= 15 is 0 Å². The SMILES string of the molecule is CC1(C)c2ccccc2-c2ccc(-c3ccc(N(c4ccccc4)c4ccc(C5=CCC6C(=C5)c5ccccc5N6c5ccccc5)cc4)cc3)cc21. The quantitative estimate of drug-likeness (QED) is 0.172. The van der Waals surface area contributed by atoms with Gasteiger partial charge in [-0.05, 0) is 123 Å². The van der Waals surface area contributed by atoms with Gasteiger partial charge in [-0.2, -0.15) is 0 Å². The fourth-order valence-corrected chi connectivity index (χ4v) is 8.91. The molecule has 1 atom stereocenters. The molecule has 1 unspecified atom stereocenters. The summed E-state index contributed by atoms with van der Waals surface area (Å²) in [5.41, 5.74) is 19.1. The van der Waals surface area contributed by atoms with Crippen LogP contribution in [-0.4, -0.2) is 6.04 Å². The minimum absolute atomic E-state index is 0.0198. The summed E-state index contributed by atoms with van der Waals surface area (Å²) in [6.45, 7) is 4.69. The minimum Gasteiger partial charge on any atom is -0.333 e. The van der Waals surface area contributed by atoms with Gasteiger partial charge in [-0.1, -0.05) is 135 Å². The van der Waals surface area contributed by atoms with Gasteiger partial charge >= 0.3 is 0 Å². The van der Waals surface area contributed by atoms with Crippen LogP contribution in [0.15, 0.2) is 188 Å². The summed E-state index contributed by atoms with van der Waals surface area (Å²) < 4.78 is 0. The Bertz CT molecular complexity index is 2540. The van der Waals surface area contributed by atoms with Crippen molar-refractivity contribution in [2.45, 2.75) is 31.7 Å². The maximum absolute atomic E-state index is 2.50. The predicted octanol–water partition coefficient (Wildman–Crippen LogP) is 13.5.